The lowest BCUT2D eigenvalue weighted by Gasteiger charge is -2.26. The third kappa shape index (κ3) is 6.20. The monoisotopic (exact) mass is 487 g/mol. The Morgan fingerprint density at radius 3 is 2.03 bits per heavy atom. The highest BCUT2D eigenvalue weighted by Gasteiger charge is 2.20. The fraction of sp³-hybridized carbons (Fsp3) is 0.481. The van der Waals surface area contributed by atoms with Gasteiger partial charge in [0.15, 0.2) is 0 Å². The average molecular weight is 488 g/mol. The third-order valence-corrected chi connectivity index (χ3v) is 6.88. The van der Waals surface area contributed by atoms with Crippen LogP contribution in [0.4, 0.5) is 29.2 Å². The van der Waals surface area contributed by atoms with Gasteiger partial charge in [-0.15, -0.1) is 0 Å². The Hall–Kier alpha value is -3.46. The Balaban J connectivity index is 1.18. The van der Waals surface area contributed by atoms with Crippen molar-refractivity contribution in [3.8, 4) is 0 Å². The minimum Gasteiger partial charge on any atom is -0.369 e. The molecule has 0 radical (unpaired) electrons. The van der Waals surface area contributed by atoms with E-state index in [-0.39, 0.29) is 0 Å². The molecule has 5 rings (SSSR count). The smallest absolute Gasteiger partial charge is 0.229 e. The lowest BCUT2D eigenvalue weighted by Crippen LogP contribution is -2.34. The summed E-state index contributed by atoms with van der Waals surface area (Å²) in [6.07, 6.45) is 8.58. The normalized spacial score (nSPS) is 15.6. The van der Waals surface area contributed by atoms with E-state index in [9.17, 15) is 0 Å². The summed E-state index contributed by atoms with van der Waals surface area (Å²) in [6.45, 7) is 7.68. The maximum atomic E-state index is 4.92. The molecule has 9 nitrogen and oxygen atoms in total. The van der Waals surface area contributed by atoms with Gasteiger partial charge in [0.1, 0.15) is 23.3 Å². The molecule has 0 saturated carbocycles. The Morgan fingerprint density at radius 1 is 0.778 bits per heavy atom. The Labute approximate surface area is 214 Å². The van der Waals surface area contributed by atoms with E-state index in [2.05, 4.69) is 48.0 Å². The summed E-state index contributed by atoms with van der Waals surface area (Å²) >= 11 is 0. The van der Waals surface area contributed by atoms with Gasteiger partial charge in [-0.3, -0.25) is 0 Å². The molecule has 0 atom stereocenters. The molecule has 0 bridgehead atoms. The largest absolute Gasteiger partial charge is 0.369 e. The number of aromatic nitrogens is 4. The fourth-order valence-corrected chi connectivity index (χ4v) is 4.81. The van der Waals surface area contributed by atoms with Gasteiger partial charge in [0.2, 0.25) is 5.95 Å². The van der Waals surface area contributed by atoms with Crippen LogP contribution in [0.5, 0.6) is 0 Å². The van der Waals surface area contributed by atoms with Crippen LogP contribution in [0.15, 0.2) is 54.9 Å². The van der Waals surface area contributed by atoms with E-state index in [0.29, 0.717) is 0 Å². The summed E-state index contributed by atoms with van der Waals surface area (Å²) in [7, 11) is 2.15. The van der Waals surface area contributed by atoms with Gasteiger partial charge in [0, 0.05) is 70.8 Å². The highest BCUT2D eigenvalue weighted by molar-refractivity contribution is 5.56. The minimum atomic E-state index is 0.802. The average Bonchev–Trinajstić information content (AvgIpc) is 3.65. The first-order valence-corrected chi connectivity index (χ1v) is 13.2. The van der Waals surface area contributed by atoms with Crippen molar-refractivity contribution in [1.82, 2.24) is 24.8 Å². The van der Waals surface area contributed by atoms with Crippen LogP contribution >= 0.6 is 0 Å². The van der Waals surface area contributed by atoms with Crippen molar-refractivity contribution in [2.45, 2.75) is 25.7 Å². The van der Waals surface area contributed by atoms with Crippen LogP contribution < -0.4 is 20.0 Å². The molecule has 0 aliphatic carbocycles. The predicted octanol–water partition coefficient (Wildman–Crippen LogP) is 3.65. The molecule has 190 valence electrons. The summed E-state index contributed by atoms with van der Waals surface area (Å²) in [6, 6.07) is 14.1. The van der Waals surface area contributed by atoms with E-state index >= 15 is 0 Å². The van der Waals surface area contributed by atoms with Gasteiger partial charge in [-0.05, 0) is 57.0 Å². The lowest BCUT2D eigenvalue weighted by atomic mass is 10.3. The maximum Gasteiger partial charge on any atom is 0.229 e. The molecule has 0 spiro atoms. The first-order chi connectivity index (χ1) is 17.8. The van der Waals surface area contributed by atoms with Crippen molar-refractivity contribution in [2.24, 2.45) is 0 Å². The van der Waals surface area contributed by atoms with Crippen molar-refractivity contribution in [1.29, 1.82) is 0 Å². The van der Waals surface area contributed by atoms with Crippen molar-refractivity contribution < 1.29 is 0 Å². The molecule has 1 N–H and O–H groups in total. The van der Waals surface area contributed by atoms with Gasteiger partial charge in [-0.2, -0.15) is 9.97 Å². The molecule has 0 amide bonds. The van der Waals surface area contributed by atoms with E-state index in [1.807, 2.05) is 48.8 Å². The first kappa shape index (κ1) is 24.2. The zero-order valence-electron chi connectivity index (χ0n) is 21.3. The zero-order valence-corrected chi connectivity index (χ0v) is 21.3. The van der Waals surface area contributed by atoms with Crippen LogP contribution in [-0.2, 0) is 0 Å². The number of pyridine rings is 2. The topological polar surface area (TPSA) is 76.6 Å². The van der Waals surface area contributed by atoms with Crippen LogP contribution in [0.1, 0.15) is 25.7 Å². The third-order valence-electron chi connectivity index (χ3n) is 6.88. The SMILES string of the molecule is CN(CCNc1cc(N2CCCC2)nc(N2CCCC2)n1)CCN(c1ccccn1)c1ccccn1. The molecule has 5 heterocycles. The second kappa shape index (κ2) is 12.0. The van der Waals surface area contributed by atoms with Crippen LogP contribution in [0.2, 0.25) is 0 Å². The molecule has 2 aliphatic rings. The van der Waals surface area contributed by atoms with Crippen LogP contribution in [-0.4, -0.2) is 84.2 Å². The highest BCUT2D eigenvalue weighted by Crippen LogP contribution is 2.25. The van der Waals surface area contributed by atoms with Crippen molar-refractivity contribution in [3.05, 3.63) is 54.9 Å². The maximum absolute atomic E-state index is 4.92. The van der Waals surface area contributed by atoms with E-state index in [1.165, 1.54) is 25.7 Å². The molecule has 2 fully saturated rings. The van der Waals surface area contributed by atoms with Crippen molar-refractivity contribution in [3.63, 3.8) is 0 Å². The quantitative estimate of drug-likeness (QED) is 0.436. The van der Waals surface area contributed by atoms with Crippen LogP contribution in [0.25, 0.3) is 0 Å². The van der Waals surface area contributed by atoms with Gasteiger partial charge >= 0.3 is 0 Å². The van der Waals surface area contributed by atoms with Crippen molar-refractivity contribution in [2.75, 3.05) is 79.4 Å². The number of hydrogen-bond donors (Lipinski definition) is 1. The molecule has 36 heavy (non-hydrogen) atoms. The minimum absolute atomic E-state index is 0.802. The molecule has 3 aromatic rings. The molecule has 0 aromatic carbocycles. The second-order valence-corrected chi connectivity index (χ2v) is 9.56. The van der Waals surface area contributed by atoms with Crippen LogP contribution in [0.3, 0.4) is 0 Å². The summed E-state index contributed by atoms with van der Waals surface area (Å²) in [4.78, 5) is 28.1. The lowest BCUT2D eigenvalue weighted by molar-refractivity contribution is 0.355. The Bertz CT molecular complexity index is 993. The molecular weight excluding hydrogens is 450 g/mol. The summed E-state index contributed by atoms with van der Waals surface area (Å²) in [5, 5.41) is 3.57. The van der Waals surface area contributed by atoms with Gasteiger partial charge < -0.3 is 24.9 Å². The molecule has 2 aliphatic heterocycles. The summed E-state index contributed by atoms with van der Waals surface area (Å²) in [5.41, 5.74) is 0. The highest BCUT2D eigenvalue weighted by atomic mass is 15.3. The number of hydrogen-bond acceptors (Lipinski definition) is 9. The Kier molecular flexibility index (Phi) is 8.07. The number of rotatable bonds is 11. The van der Waals surface area contributed by atoms with Crippen molar-refractivity contribution >= 4 is 29.2 Å². The van der Waals surface area contributed by atoms with E-state index in [1.54, 1.807) is 0 Å². The Morgan fingerprint density at radius 2 is 1.42 bits per heavy atom. The van der Waals surface area contributed by atoms with Gasteiger partial charge in [0.25, 0.3) is 0 Å². The van der Waals surface area contributed by atoms with Gasteiger partial charge in [0.05, 0.1) is 0 Å². The molecule has 2 saturated heterocycles. The summed E-state index contributed by atoms with van der Waals surface area (Å²) in [5.74, 6) is 4.67. The molecular formula is C27H37N9. The van der Waals surface area contributed by atoms with E-state index in [4.69, 9.17) is 9.97 Å². The molecule has 0 unspecified atom stereocenters. The second-order valence-electron chi connectivity index (χ2n) is 9.56. The number of nitrogens with one attached hydrogen (secondary N) is 1. The standard InChI is InChI=1S/C27H37N9/c1-33(20-21-36(24-10-2-4-12-29-24)25-11-3-5-13-30-25)19-14-28-23-22-26(34-15-6-7-16-34)32-27(31-23)35-17-8-9-18-35/h2-5,10-13,22H,6-9,14-21H2,1H3,(H,28,31,32). The fourth-order valence-electron chi connectivity index (χ4n) is 4.81. The zero-order chi connectivity index (χ0) is 24.6. The predicted molar refractivity (Wildman–Crippen MR) is 146 cm³/mol. The summed E-state index contributed by atoms with van der Waals surface area (Å²) < 4.78 is 0. The first-order valence-electron chi connectivity index (χ1n) is 13.2. The molecule has 9 heteroatoms. The number of anilines is 5. The van der Waals surface area contributed by atoms with Gasteiger partial charge in [-0.1, -0.05) is 12.1 Å². The van der Waals surface area contributed by atoms with E-state index < -0.39 is 0 Å². The van der Waals surface area contributed by atoms with Gasteiger partial charge in [-0.25, -0.2) is 9.97 Å². The van der Waals surface area contributed by atoms with Crippen LogP contribution in [0, 0.1) is 0 Å². The number of nitrogens with zero attached hydrogens (tertiary/aromatic N) is 8. The molecule has 3 aromatic heterocycles. The number of likely N-dealkylation sites (N-methyl/N-ethyl adjacent to an activating group) is 1. The van der Waals surface area contributed by atoms with E-state index in [0.717, 1.165) is 81.6 Å².